The van der Waals surface area contributed by atoms with E-state index >= 15 is 0 Å². The number of ether oxygens (including phenoxy) is 2. The van der Waals surface area contributed by atoms with Gasteiger partial charge in [0.1, 0.15) is 17.6 Å². The van der Waals surface area contributed by atoms with Crippen molar-refractivity contribution in [2.45, 2.75) is 12.5 Å². The molecular weight excluding hydrogens is 392 g/mol. The number of imidazole rings is 1. The SMILES string of the molecule is Nc1ncnc2c1ncn2[C@@H]1OC(OCP(=O)(O)Oc2ccccc2)C=C1F. The second kappa shape index (κ2) is 7.28. The van der Waals surface area contributed by atoms with Gasteiger partial charge >= 0.3 is 7.60 Å². The van der Waals surface area contributed by atoms with Gasteiger partial charge in [-0.3, -0.25) is 4.57 Å². The van der Waals surface area contributed by atoms with E-state index in [1.165, 1.54) is 29.4 Å². The van der Waals surface area contributed by atoms with Gasteiger partial charge in [0.2, 0.25) is 0 Å². The molecule has 2 aromatic heterocycles. The Morgan fingerprint density at radius 1 is 1.29 bits per heavy atom. The number of aromatic nitrogens is 4. The van der Waals surface area contributed by atoms with Crippen LogP contribution < -0.4 is 10.3 Å². The summed E-state index contributed by atoms with van der Waals surface area (Å²) in [5.41, 5.74) is 6.30. The van der Waals surface area contributed by atoms with Gasteiger partial charge < -0.3 is 24.6 Å². The lowest BCUT2D eigenvalue weighted by atomic mass is 10.3. The highest BCUT2D eigenvalue weighted by molar-refractivity contribution is 7.53. The van der Waals surface area contributed by atoms with E-state index in [0.717, 1.165) is 6.08 Å². The Kier molecular flexibility index (Phi) is 4.82. The van der Waals surface area contributed by atoms with Crippen molar-refractivity contribution in [1.29, 1.82) is 0 Å². The maximum atomic E-state index is 14.4. The molecule has 0 aliphatic carbocycles. The van der Waals surface area contributed by atoms with Crippen molar-refractivity contribution in [3.05, 3.63) is 54.9 Å². The van der Waals surface area contributed by atoms with Crippen LogP contribution in [0.1, 0.15) is 6.23 Å². The Hall–Kier alpha value is -2.85. The number of hydrogen-bond acceptors (Lipinski definition) is 8. The van der Waals surface area contributed by atoms with E-state index in [-0.39, 0.29) is 17.2 Å². The third kappa shape index (κ3) is 3.73. The van der Waals surface area contributed by atoms with Gasteiger partial charge in [-0.15, -0.1) is 0 Å². The molecule has 3 heterocycles. The van der Waals surface area contributed by atoms with Crippen molar-refractivity contribution in [2.24, 2.45) is 0 Å². The molecular formula is C16H15FN5O5P. The zero-order valence-corrected chi connectivity index (χ0v) is 15.1. The summed E-state index contributed by atoms with van der Waals surface area (Å²) in [5, 5.41) is 0. The van der Waals surface area contributed by atoms with Crippen molar-refractivity contribution < 1.29 is 27.8 Å². The first-order chi connectivity index (χ1) is 13.4. The van der Waals surface area contributed by atoms with Crippen LogP contribution in [0.3, 0.4) is 0 Å². The third-order valence-electron chi connectivity index (χ3n) is 3.83. The minimum Gasteiger partial charge on any atom is -0.423 e. The number of benzene rings is 1. The molecule has 3 aromatic rings. The lowest BCUT2D eigenvalue weighted by molar-refractivity contribution is -0.130. The van der Waals surface area contributed by atoms with E-state index in [0.29, 0.717) is 5.52 Å². The van der Waals surface area contributed by atoms with Gasteiger partial charge in [-0.25, -0.2) is 23.9 Å². The first kappa shape index (κ1) is 18.5. The highest BCUT2D eigenvalue weighted by Gasteiger charge is 2.33. The molecule has 146 valence electrons. The van der Waals surface area contributed by atoms with E-state index in [4.69, 9.17) is 19.7 Å². The van der Waals surface area contributed by atoms with E-state index in [9.17, 15) is 13.8 Å². The Labute approximate surface area is 157 Å². The molecule has 1 aliphatic heterocycles. The number of anilines is 1. The summed E-state index contributed by atoms with van der Waals surface area (Å²) in [6.07, 6.45) is 0.500. The van der Waals surface area contributed by atoms with Crippen molar-refractivity contribution in [3.8, 4) is 5.75 Å². The summed E-state index contributed by atoms with van der Waals surface area (Å²) in [5.74, 6) is -0.303. The Balaban J connectivity index is 1.43. The molecule has 3 N–H and O–H groups in total. The van der Waals surface area contributed by atoms with Gasteiger partial charge in [0.15, 0.2) is 36.2 Å². The highest BCUT2D eigenvalue weighted by Crippen LogP contribution is 2.43. The van der Waals surface area contributed by atoms with Crippen molar-refractivity contribution in [3.63, 3.8) is 0 Å². The Morgan fingerprint density at radius 3 is 2.86 bits per heavy atom. The third-order valence-corrected chi connectivity index (χ3v) is 4.80. The molecule has 1 aromatic carbocycles. The smallest absolute Gasteiger partial charge is 0.402 e. The summed E-state index contributed by atoms with van der Waals surface area (Å²) in [4.78, 5) is 21.8. The number of hydrogen-bond donors (Lipinski definition) is 2. The van der Waals surface area contributed by atoms with Crippen LogP contribution in [0.25, 0.3) is 11.2 Å². The molecule has 0 radical (unpaired) electrons. The highest BCUT2D eigenvalue weighted by atomic mass is 31.2. The van der Waals surface area contributed by atoms with Crippen LogP contribution in [-0.4, -0.2) is 37.1 Å². The molecule has 0 saturated carbocycles. The van der Waals surface area contributed by atoms with Gasteiger partial charge in [-0.1, -0.05) is 18.2 Å². The van der Waals surface area contributed by atoms with Crippen molar-refractivity contribution in [1.82, 2.24) is 19.5 Å². The molecule has 0 saturated heterocycles. The summed E-state index contributed by atoms with van der Waals surface area (Å²) in [6.45, 7) is 0. The summed E-state index contributed by atoms with van der Waals surface area (Å²) < 4.78 is 43.5. The number of fused-ring (bicyclic) bond motifs is 1. The predicted molar refractivity (Wildman–Crippen MR) is 95.7 cm³/mol. The molecule has 10 nitrogen and oxygen atoms in total. The molecule has 0 bridgehead atoms. The number of para-hydroxylation sites is 1. The quantitative estimate of drug-likeness (QED) is 0.590. The van der Waals surface area contributed by atoms with Gasteiger partial charge in [0, 0.05) is 6.08 Å². The van der Waals surface area contributed by atoms with Crippen LogP contribution in [-0.2, 0) is 14.0 Å². The molecule has 3 atom stereocenters. The van der Waals surface area contributed by atoms with Crippen LogP contribution in [0.5, 0.6) is 5.75 Å². The molecule has 0 amide bonds. The molecule has 4 rings (SSSR count). The Bertz CT molecular complexity index is 1080. The Morgan fingerprint density at radius 2 is 2.07 bits per heavy atom. The maximum absolute atomic E-state index is 14.4. The van der Waals surface area contributed by atoms with Crippen LogP contribution in [0.15, 0.2) is 54.9 Å². The van der Waals surface area contributed by atoms with Crippen LogP contribution in [0, 0.1) is 0 Å². The lowest BCUT2D eigenvalue weighted by Gasteiger charge is -2.18. The van der Waals surface area contributed by atoms with Gasteiger partial charge in [0.05, 0.1) is 6.33 Å². The number of nitrogens with two attached hydrogens (primary N) is 1. The monoisotopic (exact) mass is 407 g/mol. The largest absolute Gasteiger partial charge is 0.423 e. The molecule has 12 heteroatoms. The minimum atomic E-state index is -4.12. The fourth-order valence-corrected chi connectivity index (χ4v) is 3.45. The second-order valence-electron chi connectivity index (χ2n) is 5.83. The summed E-state index contributed by atoms with van der Waals surface area (Å²) in [6, 6.07) is 8.12. The number of nitrogen functional groups attached to an aromatic ring is 1. The minimum absolute atomic E-state index is 0.151. The van der Waals surface area contributed by atoms with Gasteiger partial charge in [-0.2, -0.15) is 0 Å². The molecule has 1 aliphatic rings. The van der Waals surface area contributed by atoms with Crippen LogP contribution in [0.4, 0.5) is 10.2 Å². The van der Waals surface area contributed by atoms with E-state index in [1.54, 1.807) is 18.2 Å². The maximum Gasteiger partial charge on any atom is 0.402 e. The normalized spacial score (nSPS) is 21.4. The summed E-state index contributed by atoms with van der Waals surface area (Å²) >= 11 is 0. The van der Waals surface area contributed by atoms with Gasteiger partial charge in [-0.05, 0) is 12.1 Å². The average molecular weight is 407 g/mol. The van der Waals surface area contributed by atoms with E-state index < -0.39 is 32.3 Å². The number of halogens is 1. The van der Waals surface area contributed by atoms with Crippen molar-refractivity contribution >= 4 is 24.6 Å². The topological polar surface area (TPSA) is 135 Å². The lowest BCUT2D eigenvalue weighted by Crippen LogP contribution is -2.17. The number of rotatable bonds is 6. The van der Waals surface area contributed by atoms with Crippen LogP contribution >= 0.6 is 7.60 Å². The molecule has 0 spiro atoms. The summed E-state index contributed by atoms with van der Waals surface area (Å²) in [7, 11) is -4.12. The second-order valence-corrected chi connectivity index (χ2v) is 7.54. The molecule has 0 fully saturated rings. The first-order valence-electron chi connectivity index (χ1n) is 8.07. The fraction of sp³-hybridized carbons (Fsp3) is 0.188. The van der Waals surface area contributed by atoms with E-state index in [2.05, 4.69) is 15.0 Å². The van der Waals surface area contributed by atoms with E-state index in [1.807, 2.05) is 0 Å². The van der Waals surface area contributed by atoms with Crippen molar-refractivity contribution in [2.75, 3.05) is 12.1 Å². The first-order valence-corrected chi connectivity index (χ1v) is 9.83. The number of nitrogens with zero attached hydrogens (tertiary/aromatic N) is 4. The molecule has 28 heavy (non-hydrogen) atoms. The predicted octanol–water partition coefficient (Wildman–Crippen LogP) is 2.36. The fourth-order valence-electron chi connectivity index (χ4n) is 2.61. The standard InChI is InChI=1S/C16H15FN5O5P/c17-11-6-12(25-9-28(23,24)27-10-4-2-1-3-5-10)26-16(11)22-8-21-13-14(18)19-7-20-15(13)22/h1-8,12,16H,9H2,(H,23,24)(H2,18,19,20)/t12?,16-/m1/s1. The van der Waals surface area contributed by atoms with Crippen LogP contribution in [0.2, 0.25) is 0 Å². The average Bonchev–Trinajstić information content (AvgIpc) is 3.25. The zero-order chi connectivity index (χ0) is 19.7. The zero-order valence-electron chi connectivity index (χ0n) is 14.3. The molecule has 2 unspecified atom stereocenters. The van der Waals surface area contributed by atoms with Gasteiger partial charge in [0.25, 0.3) is 0 Å².